The Kier molecular flexibility index (Phi) is 3.55. The highest BCUT2D eigenvalue weighted by molar-refractivity contribution is 7.87. The number of alkyl halides is 3. The molecule has 1 heterocycles. The molecule has 1 aromatic heterocycles. The van der Waals surface area contributed by atoms with Gasteiger partial charge in [0, 0.05) is 22.7 Å². The standard InChI is InChI=1S/C11H7ClF3NO3S/c1-6-2-3-9(12)8-5-16-10(4-7(6)8)19-20(17,18)11(13,14)15/h2-5H,1H3. The summed E-state index contributed by atoms with van der Waals surface area (Å²) >= 11 is 5.91. The molecule has 0 aliphatic rings. The van der Waals surface area contributed by atoms with Gasteiger partial charge >= 0.3 is 15.6 Å². The van der Waals surface area contributed by atoms with Gasteiger partial charge in [-0.05, 0) is 23.9 Å². The zero-order chi connectivity index (χ0) is 15.1. The van der Waals surface area contributed by atoms with Gasteiger partial charge in [0.2, 0.25) is 5.88 Å². The molecule has 0 aliphatic carbocycles. The Morgan fingerprint density at radius 1 is 1.25 bits per heavy atom. The number of aryl methyl sites for hydroxylation is 1. The van der Waals surface area contributed by atoms with Gasteiger partial charge in [0.25, 0.3) is 0 Å². The Morgan fingerprint density at radius 2 is 1.90 bits per heavy atom. The van der Waals surface area contributed by atoms with Crippen molar-refractivity contribution in [3.05, 3.63) is 35.0 Å². The Morgan fingerprint density at radius 3 is 2.50 bits per heavy atom. The van der Waals surface area contributed by atoms with Crippen LogP contribution in [0.1, 0.15) is 5.56 Å². The number of fused-ring (bicyclic) bond motifs is 1. The summed E-state index contributed by atoms with van der Waals surface area (Å²) < 4.78 is 62.4. The first kappa shape index (κ1) is 14.9. The van der Waals surface area contributed by atoms with E-state index in [0.717, 1.165) is 12.3 Å². The zero-order valence-corrected chi connectivity index (χ0v) is 11.5. The molecule has 0 bridgehead atoms. The predicted molar refractivity (Wildman–Crippen MR) is 67.1 cm³/mol. The number of halogens is 4. The average molecular weight is 326 g/mol. The van der Waals surface area contributed by atoms with Crippen molar-refractivity contribution in [2.45, 2.75) is 12.4 Å². The number of hydrogen-bond donors (Lipinski definition) is 0. The van der Waals surface area contributed by atoms with Crippen LogP contribution in [0.5, 0.6) is 5.88 Å². The first-order valence-electron chi connectivity index (χ1n) is 5.17. The second-order valence-electron chi connectivity index (χ2n) is 3.92. The van der Waals surface area contributed by atoms with Gasteiger partial charge in [0.15, 0.2) is 0 Å². The smallest absolute Gasteiger partial charge is 0.355 e. The van der Waals surface area contributed by atoms with E-state index in [0.29, 0.717) is 21.4 Å². The molecule has 2 aromatic rings. The normalized spacial score (nSPS) is 12.7. The molecule has 0 atom stereocenters. The van der Waals surface area contributed by atoms with Gasteiger partial charge in [0.05, 0.1) is 0 Å². The van der Waals surface area contributed by atoms with Gasteiger partial charge in [0.1, 0.15) is 0 Å². The molecular formula is C11H7ClF3NO3S. The lowest BCUT2D eigenvalue weighted by molar-refractivity contribution is -0.0501. The second kappa shape index (κ2) is 4.78. The number of pyridine rings is 1. The maximum Gasteiger partial charge on any atom is 0.534 e. The maximum absolute atomic E-state index is 12.2. The third-order valence-electron chi connectivity index (χ3n) is 2.52. The highest BCUT2D eigenvalue weighted by Crippen LogP contribution is 2.30. The van der Waals surface area contributed by atoms with E-state index in [9.17, 15) is 21.6 Å². The SMILES string of the molecule is Cc1ccc(Cl)c2cnc(OS(=O)(=O)C(F)(F)F)cc12. The molecule has 2 rings (SSSR count). The molecule has 4 nitrogen and oxygen atoms in total. The minimum atomic E-state index is -5.74. The molecule has 0 amide bonds. The third-order valence-corrected chi connectivity index (χ3v) is 3.81. The number of nitrogens with zero attached hydrogens (tertiary/aromatic N) is 1. The van der Waals surface area contributed by atoms with Crippen molar-refractivity contribution in [2.75, 3.05) is 0 Å². The summed E-state index contributed by atoms with van der Waals surface area (Å²) in [5, 5.41) is 1.30. The van der Waals surface area contributed by atoms with Crippen molar-refractivity contribution in [3.8, 4) is 5.88 Å². The van der Waals surface area contributed by atoms with Crippen LogP contribution >= 0.6 is 11.6 Å². The van der Waals surface area contributed by atoms with Gasteiger partial charge in [-0.3, -0.25) is 0 Å². The summed E-state index contributed by atoms with van der Waals surface area (Å²) in [5.41, 5.74) is -4.81. The zero-order valence-electron chi connectivity index (χ0n) is 9.90. The summed E-state index contributed by atoms with van der Waals surface area (Å²) in [7, 11) is -5.74. The van der Waals surface area contributed by atoms with E-state index in [1.165, 1.54) is 0 Å². The fourth-order valence-corrected chi connectivity index (χ4v) is 2.16. The van der Waals surface area contributed by atoms with Gasteiger partial charge < -0.3 is 4.18 Å². The van der Waals surface area contributed by atoms with Crippen molar-refractivity contribution < 1.29 is 25.8 Å². The molecule has 20 heavy (non-hydrogen) atoms. The van der Waals surface area contributed by atoms with E-state index in [1.807, 2.05) is 0 Å². The fourth-order valence-electron chi connectivity index (χ4n) is 1.54. The van der Waals surface area contributed by atoms with Crippen molar-refractivity contribution in [1.29, 1.82) is 0 Å². The van der Waals surface area contributed by atoms with Gasteiger partial charge in [-0.25, -0.2) is 4.98 Å². The lowest BCUT2D eigenvalue weighted by Crippen LogP contribution is -2.28. The molecule has 9 heteroatoms. The fraction of sp³-hybridized carbons (Fsp3) is 0.182. The van der Waals surface area contributed by atoms with Crippen molar-refractivity contribution >= 4 is 32.5 Å². The quantitative estimate of drug-likeness (QED) is 0.627. The monoisotopic (exact) mass is 325 g/mol. The van der Waals surface area contributed by atoms with Crippen LogP contribution in [0.3, 0.4) is 0 Å². The third kappa shape index (κ3) is 2.66. The van der Waals surface area contributed by atoms with Gasteiger partial charge in [-0.2, -0.15) is 21.6 Å². The van der Waals surface area contributed by atoms with Gasteiger partial charge in [-0.1, -0.05) is 17.7 Å². The van der Waals surface area contributed by atoms with Crippen molar-refractivity contribution in [3.63, 3.8) is 0 Å². The average Bonchev–Trinajstić information content (AvgIpc) is 2.32. The summed E-state index contributed by atoms with van der Waals surface area (Å²) in [6.45, 7) is 1.70. The largest absolute Gasteiger partial charge is 0.534 e. The van der Waals surface area contributed by atoms with Crippen LogP contribution in [-0.2, 0) is 10.1 Å². The van der Waals surface area contributed by atoms with E-state index in [1.54, 1.807) is 19.1 Å². The molecule has 0 aliphatic heterocycles. The molecule has 0 N–H and O–H groups in total. The maximum atomic E-state index is 12.2. The topological polar surface area (TPSA) is 56.3 Å². The van der Waals surface area contributed by atoms with E-state index >= 15 is 0 Å². The highest BCUT2D eigenvalue weighted by Gasteiger charge is 2.48. The molecule has 0 fully saturated rings. The molecule has 0 saturated heterocycles. The van der Waals surface area contributed by atoms with E-state index in [-0.39, 0.29) is 0 Å². The van der Waals surface area contributed by atoms with Gasteiger partial charge in [-0.15, -0.1) is 0 Å². The summed E-state index contributed by atoms with van der Waals surface area (Å²) in [4.78, 5) is 3.52. The number of rotatable bonds is 2. The lowest BCUT2D eigenvalue weighted by Gasteiger charge is -2.10. The van der Waals surface area contributed by atoms with Crippen molar-refractivity contribution in [2.24, 2.45) is 0 Å². The van der Waals surface area contributed by atoms with Crippen LogP contribution in [-0.4, -0.2) is 18.9 Å². The van der Waals surface area contributed by atoms with Crippen LogP contribution in [0, 0.1) is 6.92 Å². The molecule has 1 aromatic carbocycles. The van der Waals surface area contributed by atoms with Crippen LogP contribution in [0.4, 0.5) is 13.2 Å². The minimum Gasteiger partial charge on any atom is -0.355 e. The number of benzene rings is 1. The predicted octanol–water partition coefficient (Wildman–Crippen LogP) is 3.43. The Bertz CT molecular complexity index is 774. The number of aromatic nitrogens is 1. The molecule has 108 valence electrons. The molecule has 0 saturated carbocycles. The first-order valence-corrected chi connectivity index (χ1v) is 6.96. The Balaban J connectivity index is 2.51. The molecule has 0 spiro atoms. The van der Waals surface area contributed by atoms with Crippen molar-refractivity contribution in [1.82, 2.24) is 4.98 Å². The van der Waals surface area contributed by atoms with Crippen LogP contribution in [0.25, 0.3) is 10.8 Å². The summed E-state index contributed by atoms with van der Waals surface area (Å²) in [6.07, 6.45) is 1.16. The Labute approximate surface area is 117 Å². The van der Waals surface area contributed by atoms with E-state index in [2.05, 4.69) is 9.17 Å². The molecule has 0 radical (unpaired) electrons. The summed E-state index contributed by atoms with van der Waals surface area (Å²) in [6, 6.07) is 4.35. The minimum absolute atomic E-state index is 0.350. The Hall–Kier alpha value is -1.54. The molecule has 0 unspecified atom stereocenters. The van der Waals surface area contributed by atoms with E-state index in [4.69, 9.17) is 11.6 Å². The van der Waals surface area contributed by atoms with Crippen LogP contribution in [0.15, 0.2) is 24.4 Å². The molecular weight excluding hydrogens is 319 g/mol. The van der Waals surface area contributed by atoms with Crippen LogP contribution < -0.4 is 4.18 Å². The van der Waals surface area contributed by atoms with E-state index < -0.39 is 21.5 Å². The first-order chi connectivity index (χ1) is 9.12. The lowest BCUT2D eigenvalue weighted by atomic mass is 10.1. The van der Waals surface area contributed by atoms with Crippen LogP contribution in [0.2, 0.25) is 5.02 Å². The summed E-state index contributed by atoms with van der Waals surface area (Å²) in [5.74, 6) is -0.666. The highest BCUT2D eigenvalue weighted by atomic mass is 35.5. The second-order valence-corrected chi connectivity index (χ2v) is 5.86. The number of hydrogen-bond acceptors (Lipinski definition) is 4.